The van der Waals surface area contributed by atoms with Gasteiger partial charge >= 0.3 is 0 Å². The van der Waals surface area contributed by atoms with E-state index in [1.54, 1.807) is 0 Å². The summed E-state index contributed by atoms with van der Waals surface area (Å²) >= 11 is 0. The number of nitrogens with two attached hydrogens (primary N) is 1. The Hall–Kier alpha value is -0.260. The predicted molar refractivity (Wildman–Crippen MR) is 50.3 cm³/mol. The van der Waals surface area contributed by atoms with Crippen LogP contribution in [-0.4, -0.2) is 36.3 Å². The van der Waals surface area contributed by atoms with Gasteiger partial charge in [0.1, 0.15) is 6.61 Å². The average molecular weight is 208 g/mol. The molecule has 0 atom stereocenters. The molecule has 0 aliphatic heterocycles. The minimum absolute atomic E-state index is 0.132. The molecule has 5 heteroatoms. The first kappa shape index (κ1) is 11.8. The first-order valence-electron chi connectivity index (χ1n) is 5.01. The Kier molecular flexibility index (Phi) is 4.22. The van der Waals surface area contributed by atoms with Crippen LogP contribution in [0, 0.1) is 0 Å². The van der Waals surface area contributed by atoms with Gasteiger partial charge in [-0.15, -0.1) is 0 Å². The zero-order valence-electron chi connectivity index (χ0n) is 8.18. The number of aliphatic hydroxyl groups is 1. The summed E-state index contributed by atoms with van der Waals surface area (Å²) in [6.07, 6.45) is 3.48. The molecule has 0 amide bonds. The predicted octanol–water partition coefficient (Wildman–Crippen LogP) is 0.473. The molecule has 84 valence electrons. The number of rotatable bonds is 4. The molecule has 0 aromatic rings. The molecule has 1 aliphatic rings. The Morgan fingerprint density at radius 2 is 1.86 bits per heavy atom. The highest BCUT2D eigenvalue weighted by Crippen LogP contribution is 2.18. The van der Waals surface area contributed by atoms with Gasteiger partial charge < -0.3 is 16.2 Å². The molecule has 1 saturated carbocycles. The van der Waals surface area contributed by atoms with Crippen molar-refractivity contribution in [2.75, 3.05) is 13.2 Å². The number of aliphatic hydroxyl groups excluding tert-OH is 1. The fraction of sp³-hybridized carbons (Fsp3) is 1.00. The first-order valence-corrected chi connectivity index (χ1v) is 5.01. The zero-order chi connectivity index (χ0) is 10.6. The minimum atomic E-state index is -3.00. The topological polar surface area (TPSA) is 58.3 Å². The van der Waals surface area contributed by atoms with E-state index in [1.165, 1.54) is 0 Å². The lowest BCUT2D eigenvalue weighted by atomic mass is 9.92. The van der Waals surface area contributed by atoms with Gasteiger partial charge in [-0.25, -0.2) is 8.78 Å². The molecule has 1 fully saturated rings. The van der Waals surface area contributed by atoms with Gasteiger partial charge in [-0.3, -0.25) is 0 Å². The Bertz CT molecular complexity index is 170. The van der Waals surface area contributed by atoms with E-state index in [1.807, 2.05) is 0 Å². The number of nitrogens with one attached hydrogen (secondary N) is 1. The van der Waals surface area contributed by atoms with Crippen LogP contribution in [0.25, 0.3) is 0 Å². The lowest BCUT2D eigenvalue weighted by Crippen LogP contribution is -2.44. The molecule has 4 N–H and O–H groups in total. The van der Waals surface area contributed by atoms with E-state index in [4.69, 9.17) is 10.8 Å². The maximum atomic E-state index is 12.6. The van der Waals surface area contributed by atoms with Gasteiger partial charge in [0.25, 0.3) is 5.92 Å². The van der Waals surface area contributed by atoms with Gasteiger partial charge in [-0.05, 0) is 25.7 Å². The van der Waals surface area contributed by atoms with Gasteiger partial charge in [0.2, 0.25) is 0 Å². The van der Waals surface area contributed by atoms with Crippen molar-refractivity contribution in [3.63, 3.8) is 0 Å². The SMILES string of the molecule is NC1CCC(NCC(F)(F)CO)CC1. The number of hydrogen-bond acceptors (Lipinski definition) is 3. The molecule has 0 spiro atoms. The highest BCUT2D eigenvalue weighted by atomic mass is 19.3. The van der Waals surface area contributed by atoms with E-state index in [0.717, 1.165) is 25.7 Å². The van der Waals surface area contributed by atoms with Gasteiger partial charge in [0.05, 0.1) is 6.54 Å². The summed E-state index contributed by atoms with van der Waals surface area (Å²) < 4.78 is 25.3. The first-order chi connectivity index (χ1) is 6.53. The van der Waals surface area contributed by atoms with Crippen molar-refractivity contribution in [2.24, 2.45) is 5.73 Å². The minimum Gasteiger partial charge on any atom is -0.390 e. The van der Waals surface area contributed by atoms with Crippen LogP contribution in [0.4, 0.5) is 8.78 Å². The summed E-state index contributed by atoms with van der Waals surface area (Å²) in [5.41, 5.74) is 5.69. The highest BCUT2D eigenvalue weighted by molar-refractivity contribution is 4.80. The lowest BCUT2D eigenvalue weighted by Gasteiger charge is -2.28. The van der Waals surface area contributed by atoms with E-state index in [2.05, 4.69) is 5.32 Å². The van der Waals surface area contributed by atoms with Gasteiger partial charge in [-0.1, -0.05) is 0 Å². The van der Waals surface area contributed by atoms with Crippen molar-refractivity contribution in [1.82, 2.24) is 5.32 Å². The van der Waals surface area contributed by atoms with Crippen LogP contribution in [0.15, 0.2) is 0 Å². The molecular weight excluding hydrogens is 190 g/mol. The fourth-order valence-corrected chi connectivity index (χ4v) is 1.67. The van der Waals surface area contributed by atoms with Gasteiger partial charge in [0.15, 0.2) is 0 Å². The Morgan fingerprint density at radius 1 is 1.29 bits per heavy atom. The van der Waals surface area contributed by atoms with E-state index in [-0.39, 0.29) is 12.1 Å². The average Bonchev–Trinajstić information content (AvgIpc) is 2.17. The third-order valence-corrected chi connectivity index (χ3v) is 2.65. The molecule has 0 saturated heterocycles. The summed E-state index contributed by atoms with van der Waals surface area (Å²) in [5, 5.41) is 11.1. The fourth-order valence-electron chi connectivity index (χ4n) is 1.67. The zero-order valence-corrected chi connectivity index (χ0v) is 8.18. The van der Waals surface area contributed by atoms with Crippen molar-refractivity contribution >= 4 is 0 Å². The molecule has 1 rings (SSSR count). The normalized spacial score (nSPS) is 29.1. The lowest BCUT2D eigenvalue weighted by molar-refractivity contribution is -0.0500. The van der Waals surface area contributed by atoms with Crippen LogP contribution in [0.3, 0.4) is 0 Å². The molecule has 0 heterocycles. The van der Waals surface area contributed by atoms with Crippen LogP contribution >= 0.6 is 0 Å². The molecule has 14 heavy (non-hydrogen) atoms. The second kappa shape index (κ2) is 5.00. The van der Waals surface area contributed by atoms with Crippen molar-refractivity contribution in [3.8, 4) is 0 Å². The molecule has 1 aliphatic carbocycles. The standard InChI is InChI=1S/C9H18F2N2O/c10-9(11,6-14)5-13-8-3-1-7(12)2-4-8/h7-8,13-14H,1-6,12H2. The summed E-state index contributed by atoms with van der Waals surface area (Å²) in [7, 11) is 0. The molecule has 0 aromatic carbocycles. The maximum absolute atomic E-state index is 12.6. The third kappa shape index (κ3) is 3.86. The molecule has 0 bridgehead atoms. The summed E-state index contributed by atoms with van der Waals surface area (Å²) in [6.45, 7) is -1.53. The molecule has 0 aromatic heterocycles. The van der Waals surface area contributed by atoms with Crippen LogP contribution in [0.5, 0.6) is 0 Å². The van der Waals surface area contributed by atoms with Crippen molar-refractivity contribution in [2.45, 2.75) is 43.7 Å². The van der Waals surface area contributed by atoms with E-state index in [0.29, 0.717) is 0 Å². The van der Waals surface area contributed by atoms with E-state index in [9.17, 15) is 8.78 Å². The molecular formula is C9H18F2N2O. The summed E-state index contributed by atoms with van der Waals surface area (Å²) in [6, 6.07) is 0.360. The molecule has 0 unspecified atom stereocenters. The number of hydrogen-bond donors (Lipinski definition) is 3. The molecule has 0 radical (unpaired) electrons. The van der Waals surface area contributed by atoms with Crippen LogP contribution in [-0.2, 0) is 0 Å². The van der Waals surface area contributed by atoms with Gasteiger partial charge in [-0.2, -0.15) is 0 Å². The van der Waals surface area contributed by atoms with Crippen LogP contribution in [0.1, 0.15) is 25.7 Å². The quantitative estimate of drug-likeness (QED) is 0.629. The second-order valence-corrected chi connectivity index (χ2v) is 4.01. The number of alkyl halides is 2. The van der Waals surface area contributed by atoms with Crippen molar-refractivity contribution < 1.29 is 13.9 Å². The number of halogens is 2. The third-order valence-electron chi connectivity index (χ3n) is 2.65. The Morgan fingerprint density at radius 3 is 2.36 bits per heavy atom. The maximum Gasteiger partial charge on any atom is 0.282 e. The highest BCUT2D eigenvalue weighted by Gasteiger charge is 2.29. The summed E-state index contributed by atoms with van der Waals surface area (Å²) in [4.78, 5) is 0. The van der Waals surface area contributed by atoms with E-state index < -0.39 is 19.1 Å². The van der Waals surface area contributed by atoms with Crippen molar-refractivity contribution in [1.29, 1.82) is 0 Å². The van der Waals surface area contributed by atoms with Crippen LogP contribution in [0.2, 0.25) is 0 Å². The smallest absolute Gasteiger partial charge is 0.282 e. The Labute approximate surface area is 82.7 Å². The van der Waals surface area contributed by atoms with Gasteiger partial charge in [0, 0.05) is 12.1 Å². The van der Waals surface area contributed by atoms with E-state index >= 15 is 0 Å². The Balaban J connectivity index is 2.19. The summed E-state index contributed by atoms with van der Waals surface area (Å²) in [5.74, 6) is -3.00. The monoisotopic (exact) mass is 208 g/mol. The van der Waals surface area contributed by atoms with Crippen LogP contribution < -0.4 is 11.1 Å². The largest absolute Gasteiger partial charge is 0.390 e. The van der Waals surface area contributed by atoms with Crippen molar-refractivity contribution in [3.05, 3.63) is 0 Å². The molecule has 3 nitrogen and oxygen atoms in total. The second-order valence-electron chi connectivity index (χ2n) is 4.01.